The highest BCUT2D eigenvalue weighted by atomic mass is 19.1. The second kappa shape index (κ2) is 6.14. The molecule has 0 fully saturated rings. The summed E-state index contributed by atoms with van der Waals surface area (Å²) < 4.78 is 13.5. The molecule has 0 saturated carbocycles. The maximum absolute atomic E-state index is 13.5. The van der Waals surface area contributed by atoms with E-state index in [1.165, 1.54) is 6.07 Å². The molecule has 0 saturated heterocycles. The van der Waals surface area contributed by atoms with Gasteiger partial charge in [0.2, 0.25) is 5.91 Å². The zero-order chi connectivity index (χ0) is 13.7. The minimum absolute atomic E-state index is 0.182. The van der Waals surface area contributed by atoms with Crippen LogP contribution in [0.15, 0.2) is 54.6 Å². The van der Waals surface area contributed by atoms with Crippen molar-refractivity contribution in [2.24, 2.45) is 0 Å². The van der Waals surface area contributed by atoms with Crippen LogP contribution >= 0.6 is 0 Å². The van der Waals surface area contributed by atoms with Crippen LogP contribution in [-0.4, -0.2) is 5.91 Å². The summed E-state index contributed by atoms with van der Waals surface area (Å²) in [5.74, 6) is -0.863. The predicted octanol–water partition coefficient (Wildman–Crippen LogP) is 3.96. The Morgan fingerprint density at radius 1 is 1.11 bits per heavy atom. The third kappa shape index (κ3) is 3.19. The molecule has 19 heavy (non-hydrogen) atoms. The first-order chi connectivity index (χ1) is 9.22. The Kier molecular flexibility index (Phi) is 4.29. The summed E-state index contributed by atoms with van der Waals surface area (Å²) in [6.07, 6.45) is 0.671. The summed E-state index contributed by atoms with van der Waals surface area (Å²) in [5, 5.41) is 2.65. The molecule has 0 spiro atoms. The molecule has 0 radical (unpaired) electrons. The van der Waals surface area contributed by atoms with Crippen LogP contribution in [0.25, 0.3) is 0 Å². The van der Waals surface area contributed by atoms with E-state index in [1.807, 2.05) is 37.3 Å². The molecule has 1 atom stereocenters. The molecule has 0 aliphatic carbocycles. The molecule has 1 N–H and O–H groups in total. The summed E-state index contributed by atoms with van der Waals surface area (Å²) >= 11 is 0. The Morgan fingerprint density at radius 2 is 1.74 bits per heavy atom. The first-order valence-electron chi connectivity index (χ1n) is 6.32. The first-order valence-corrected chi connectivity index (χ1v) is 6.32. The fourth-order valence-electron chi connectivity index (χ4n) is 2.04. The number of halogens is 1. The Bertz CT molecular complexity index is 554. The quantitative estimate of drug-likeness (QED) is 0.882. The Balaban J connectivity index is 2.17. The van der Waals surface area contributed by atoms with Gasteiger partial charge in [0, 0.05) is 0 Å². The molecule has 2 nitrogen and oxygen atoms in total. The highest BCUT2D eigenvalue weighted by molar-refractivity contribution is 5.95. The van der Waals surface area contributed by atoms with Crippen molar-refractivity contribution < 1.29 is 9.18 Å². The number of benzene rings is 2. The Morgan fingerprint density at radius 3 is 2.37 bits per heavy atom. The van der Waals surface area contributed by atoms with Gasteiger partial charge in [0.05, 0.1) is 11.6 Å². The summed E-state index contributed by atoms with van der Waals surface area (Å²) in [7, 11) is 0. The molecule has 98 valence electrons. The van der Waals surface area contributed by atoms with E-state index in [-0.39, 0.29) is 17.5 Å². The summed E-state index contributed by atoms with van der Waals surface area (Å²) in [5.41, 5.74) is 1.17. The molecule has 0 aliphatic rings. The van der Waals surface area contributed by atoms with Crippen LogP contribution in [0.3, 0.4) is 0 Å². The van der Waals surface area contributed by atoms with E-state index in [4.69, 9.17) is 0 Å². The van der Waals surface area contributed by atoms with E-state index >= 15 is 0 Å². The first kappa shape index (κ1) is 13.3. The molecule has 2 aromatic carbocycles. The lowest BCUT2D eigenvalue weighted by molar-refractivity contribution is -0.117. The third-order valence-electron chi connectivity index (χ3n) is 3.06. The molecular formula is C16H16FNO. The molecule has 2 rings (SSSR count). The number of carbonyl (C=O) groups excluding carboxylic acids is 1. The number of para-hydroxylation sites is 1. The fourth-order valence-corrected chi connectivity index (χ4v) is 2.04. The normalized spacial score (nSPS) is 11.9. The van der Waals surface area contributed by atoms with Crippen LogP contribution in [0, 0.1) is 5.82 Å². The highest BCUT2D eigenvalue weighted by Gasteiger charge is 2.19. The average molecular weight is 257 g/mol. The van der Waals surface area contributed by atoms with Gasteiger partial charge >= 0.3 is 0 Å². The smallest absolute Gasteiger partial charge is 0.231 e. The van der Waals surface area contributed by atoms with Gasteiger partial charge in [-0.05, 0) is 24.1 Å². The van der Waals surface area contributed by atoms with Crippen molar-refractivity contribution in [3.05, 3.63) is 66.0 Å². The minimum atomic E-state index is -0.418. The van der Waals surface area contributed by atoms with E-state index < -0.39 is 5.82 Å². The van der Waals surface area contributed by atoms with Crippen molar-refractivity contribution in [2.75, 3.05) is 5.32 Å². The number of anilines is 1. The van der Waals surface area contributed by atoms with Gasteiger partial charge in [-0.1, -0.05) is 49.4 Å². The van der Waals surface area contributed by atoms with Crippen LogP contribution < -0.4 is 5.32 Å². The van der Waals surface area contributed by atoms with E-state index in [9.17, 15) is 9.18 Å². The Labute approximate surface area is 112 Å². The maximum Gasteiger partial charge on any atom is 0.231 e. The monoisotopic (exact) mass is 257 g/mol. The second-order valence-electron chi connectivity index (χ2n) is 4.34. The zero-order valence-electron chi connectivity index (χ0n) is 10.8. The van der Waals surface area contributed by atoms with E-state index in [0.29, 0.717) is 6.42 Å². The van der Waals surface area contributed by atoms with Crippen LogP contribution in [0.5, 0.6) is 0 Å². The van der Waals surface area contributed by atoms with Crippen LogP contribution in [0.1, 0.15) is 24.8 Å². The van der Waals surface area contributed by atoms with E-state index in [0.717, 1.165) is 5.56 Å². The summed E-state index contributed by atoms with van der Waals surface area (Å²) in [6.45, 7) is 1.94. The molecule has 0 aliphatic heterocycles. The fraction of sp³-hybridized carbons (Fsp3) is 0.188. The molecular weight excluding hydrogens is 241 g/mol. The topological polar surface area (TPSA) is 29.1 Å². The lowest BCUT2D eigenvalue weighted by Gasteiger charge is -2.15. The largest absolute Gasteiger partial charge is 0.323 e. The van der Waals surface area contributed by atoms with E-state index in [2.05, 4.69) is 5.32 Å². The van der Waals surface area contributed by atoms with E-state index in [1.54, 1.807) is 18.2 Å². The number of nitrogens with one attached hydrogen (secondary N) is 1. The molecule has 2 aromatic rings. The molecule has 1 amide bonds. The number of hydrogen-bond acceptors (Lipinski definition) is 1. The van der Waals surface area contributed by atoms with Gasteiger partial charge in [-0.15, -0.1) is 0 Å². The summed E-state index contributed by atoms with van der Waals surface area (Å²) in [4.78, 5) is 12.2. The van der Waals surface area contributed by atoms with Gasteiger partial charge in [0.1, 0.15) is 5.82 Å². The summed E-state index contributed by atoms with van der Waals surface area (Å²) in [6, 6.07) is 15.7. The second-order valence-corrected chi connectivity index (χ2v) is 4.34. The molecule has 0 bridgehead atoms. The molecule has 3 heteroatoms. The van der Waals surface area contributed by atoms with Gasteiger partial charge in [0.25, 0.3) is 0 Å². The predicted molar refractivity (Wildman–Crippen MR) is 74.5 cm³/mol. The standard InChI is InChI=1S/C16H16FNO/c1-2-13(12-8-4-3-5-9-12)16(19)18-15-11-7-6-10-14(15)17/h3-11,13H,2H2,1H3,(H,18,19). The van der Waals surface area contributed by atoms with Crippen molar-refractivity contribution in [2.45, 2.75) is 19.3 Å². The van der Waals surface area contributed by atoms with Crippen molar-refractivity contribution in [1.29, 1.82) is 0 Å². The van der Waals surface area contributed by atoms with Crippen LogP contribution in [0.2, 0.25) is 0 Å². The van der Waals surface area contributed by atoms with Crippen LogP contribution in [-0.2, 0) is 4.79 Å². The van der Waals surface area contributed by atoms with Crippen molar-refractivity contribution >= 4 is 11.6 Å². The van der Waals surface area contributed by atoms with Gasteiger partial charge in [-0.2, -0.15) is 0 Å². The van der Waals surface area contributed by atoms with Crippen molar-refractivity contribution in [3.63, 3.8) is 0 Å². The lowest BCUT2D eigenvalue weighted by Crippen LogP contribution is -2.21. The third-order valence-corrected chi connectivity index (χ3v) is 3.06. The van der Waals surface area contributed by atoms with Gasteiger partial charge < -0.3 is 5.32 Å². The Hall–Kier alpha value is -2.16. The number of rotatable bonds is 4. The lowest BCUT2D eigenvalue weighted by atomic mass is 9.95. The maximum atomic E-state index is 13.5. The number of carbonyl (C=O) groups is 1. The van der Waals surface area contributed by atoms with Gasteiger partial charge in [-0.25, -0.2) is 4.39 Å². The number of hydrogen-bond donors (Lipinski definition) is 1. The molecule has 0 aromatic heterocycles. The SMILES string of the molecule is CCC(C(=O)Nc1ccccc1F)c1ccccc1. The average Bonchev–Trinajstić information content (AvgIpc) is 2.43. The van der Waals surface area contributed by atoms with Gasteiger partial charge in [0.15, 0.2) is 0 Å². The zero-order valence-corrected chi connectivity index (χ0v) is 10.8. The van der Waals surface area contributed by atoms with Crippen molar-refractivity contribution in [1.82, 2.24) is 0 Å². The molecule has 1 unspecified atom stereocenters. The van der Waals surface area contributed by atoms with Gasteiger partial charge in [-0.3, -0.25) is 4.79 Å². The molecule has 0 heterocycles. The van der Waals surface area contributed by atoms with Crippen molar-refractivity contribution in [3.8, 4) is 0 Å². The highest BCUT2D eigenvalue weighted by Crippen LogP contribution is 2.22. The van der Waals surface area contributed by atoms with Crippen LogP contribution in [0.4, 0.5) is 10.1 Å². The minimum Gasteiger partial charge on any atom is -0.323 e. The number of amides is 1.